The van der Waals surface area contributed by atoms with Crippen molar-refractivity contribution in [3.63, 3.8) is 0 Å². The van der Waals surface area contributed by atoms with Crippen molar-refractivity contribution in [2.24, 2.45) is 0 Å². The third-order valence-corrected chi connectivity index (χ3v) is 4.13. The highest BCUT2D eigenvalue weighted by Gasteiger charge is 2.22. The summed E-state index contributed by atoms with van der Waals surface area (Å²) in [4.78, 5) is 22.7. The second kappa shape index (κ2) is 8.06. The molecule has 1 amide bonds. The van der Waals surface area contributed by atoms with E-state index in [2.05, 4.69) is 16.9 Å². The van der Waals surface area contributed by atoms with Crippen molar-refractivity contribution >= 4 is 16.8 Å². The fourth-order valence-electron chi connectivity index (χ4n) is 2.94. The number of para-hydroxylation sites is 1. The Morgan fingerprint density at radius 3 is 3.04 bits per heavy atom. The number of aromatic nitrogens is 2. The van der Waals surface area contributed by atoms with Gasteiger partial charge < -0.3 is 14.4 Å². The van der Waals surface area contributed by atoms with Crippen molar-refractivity contribution in [2.45, 2.75) is 32.3 Å². The first-order valence-corrected chi connectivity index (χ1v) is 8.50. The average Bonchev–Trinajstić information content (AvgIpc) is 3.12. The Bertz CT molecular complexity index is 681. The van der Waals surface area contributed by atoms with Crippen molar-refractivity contribution < 1.29 is 14.3 Å². The van der Waals surface area contributed by atoms with Gasteiger partial charge in [0.2, 0.25) is 5.88 Å². The average molecular weight is 329 g/mol. The third kappa shape index (κ3) is 4.00. The molecule has 1 aromatic carbocycles. The van der Waals surface area contributed by atoms with Gasteiger partial charge in [0, 0.05) is 19.7 Å². The Hall–Kier alpha value is -2.21. The Morgan fingerprint density at radius 2 is 2.25 bits per heavy atom. The molecular formula is C18H23N3O3. The van der Waals surface area contributed by atoms with E-state index in [1.807, 2.05) is 29.2 Å². The molecule has 24 heavy (non-hydrogen) atoms. The summed E-state index contributed by atoms with van der Waals surface area (Å²) in [6, 6.07) is 7.61. The van der Waals surface area contributed by atoms with Gasteiger partial charge in [0.05, 0.1) is 17.0 Å². The molecule has 1 aliphatic heterocycles. The number of benzene rings is 1. The predicted molar refractivity (Wildman–Crippen MR) is 90.9 cm³/mol. The molecule has 2 aromatic rings. The molecule has 1 aromatic heterocycles. The summed E-state index contributed by atoms with van der Waals surface area (Å²) >= 11 is 0. The predicted octanol–water partition coefficient (Wildman–Crippen LogP) is 2.43. The van der Waals surface area contributed by atoms with Crippen LogP contribution in [0, 0.1) is 0 Å². The van der Waals surface area contributed by atoms with E-state index in [0.717, 1.165) is 36.8 Å². The highest BCUT2D eigenvalue weighted by Crippen LogP contribution is 2.20. The topological polar surface area (TPSA) is 64.5 Å². The molecule has 128 valence electrons. The molecule has 2 heterocycles. The van der Waals surface area contributed by atoms with E-state index in [1.165, 1.54) is 6.33 Å². The summed E-state index contributed by atoms with van der Waals surface area (Å²) in [5, 5.41) is 0.814. The monoisotopic (exact) mass is 329 g/mol. The Labute approximate surface area is 141 Å². The van der Waals surface area contributed by atoms with E-state index in [1.54, 1.807) is 0 Å². The Balaban J connectivity index is 1.63. The van der Waals surface area contributed by atoms with E-state index in [4.69, 9.17) is 9.47 Å². The molecule has 1 aliphatic rings. The molecule has 1 atom stereocenters. The molecule has 0 unspecified atom stereocenters. The van der Waals surface area contributed by atoms with Gasteiger partial charge in [-0.25, -0.2) is 9.97 Å². The number of carbonyl (C=O) groups excluding carboxylic acids is 1. The molecule has 1 saturated heterocycles. The van der Waals surface area contributed by atoms with Crippen molar-refractivity contribution in [3.8, 4) is 5.88 Å². The third-order valence-electron chi connectivity index (χ3n) is 4.13. The largest absolute Gasteiger partial charge is 0.467 e. The minimum atomic E-state index is -0.0324. The van der Waals surface area contributed by atoms with Crippen LogP contribution in [0.15, 0.2) is 30.6 Å². The summed E-state index contributed by atoms with van der Waals surface area (Å²) in [7, 11) is 0. The molecule has 0 aliphatic carbocycles. The molecule has 0 N–H and O–H groups in total. The Kier molecular flexibility index (Phi) is 5.59. The number of fused-ring (bicyclic) bond motifs is 1. The van der Waals surface area contributed by atoms with Gasteiger partial charge in [0.15, 0.2) is 6.61 Å². The minimum absolute atomic E-state index is 0.0201. The van der Waals surface area contributed by atoms with E-state index < -0.39 is 0 Å². The number of hydrogen-bond acceptors (Lipinski definition) is 5. The second-order valence-electron chi connectivity index (χ2n) is 5.96. The number of carbonyl (C=O) groups is 1. The maximum absolute atomic E-state index is 12.5. The fourth-order valence-corrected chi connectivity index (χ4v) is 2.94. The van der Waals surface area contributed by atoms with Gasteiger partial charge in [-0.05, 0) is 31.4 Å². The normalized spacial score (nSPS) is 17.1. The molecule has 0 bridgehead atoms. The van der Waals surface area contributed by atoms with Gasteiger partial charge in [0.25, 0.3) is 5.91 Å². The van der Waals surface area contributed by atoms with Crippen LogP contribution in [0.5, 0.6) is 5.88 Å². The van der Waals surface area contributed by atoms with Gasteiger partial charge in [-0.3, -0.25) is 4.79 Å². The van der Waals surface area contributed by atoms with E-state index >= 15 is 0 Å². The molecule has 6 nitrogen and oxygen atoms in total. The molecule has 6 heteroatoms. The van der Waals surface area contributed by atoms with Crippen LogP contribution in [-0.4, -0.2) is 53.2 Å². The molecule has 1 fully saturated rings. The lowest BCUT2D eigenvalue weighted by Crippen LogP contribution is -2.40. The van der Waals surface area contributed by atoms with Crippen molar-refractivity contribution in [1.29, 1.82) is 0 Å². The lowest BCUT2D eigenvalue weighted by molar-refractivity contribution is -0.135. The first-order chi connectivity index (χ1) is 11.8. The van der Waals surface area contributed by atoms with Gasteiger partial charge in [0.1, 0.15) is 6.33 Å². The van der Waals surface area contributed by atoms with Crippen LogP contribution in [0.25, 0.3) is 10.9 Å². The molecule has 0 saturated carbocycles. The van der Waals surface area contributed by atoms with Crippen LogP contribution in [0.1, 0.15) is 26.2 Å². The van der Waals surface area contributed by atoms with E-state index in [-0.39, 0.29) is 18.6 Å². The van der Waals surface area contributed by atoms with Crippen LogP contribution >= 0.6 is 0 Å². The van der Waals surface area contributed by atoms with Crippen LogP contribution in [0.3, 0.4) is 0 Å². The zero-order valence-corrected chi connectivity index (χ0v) is 14.0. The van der Waals surface area contributed by atoms with E-state index in [0.29, 0.717) is 19.0 Å². The summed E-state index contributed by atoms with van der Waals surface area (Å²) in [6.45, 7) is 4.19. The summed E-state index contributed by atoms with van der Waals surface area (Å²) < 4.78 is 11.3. The second-order valence-corrected chi connectivity index (χ2v) is 5.96. The zero-order chi connectivity index (χ0) is 16.8. The maximum atomic E-state index is 12.5. The maximum Gasteiger partial charge on any atom is 0.260 e. The van der Waals surface area contributed by atoms with Crippen LogP contribution in [-0.2, 0) is 9.53 Å². The van der Waals surface area contributed by atoms with Gasteiger partial charge in [-0.2, -0.15) is 0 Å². The first-order valence-electron chi connectivity index (χ1n) is 8.50. The summed E-state index contributed by atoms with van der Waals surface area (Å²) in [6.07, 6.45) is 4.61. The number of amides is 1. The van der Waals surface area contributed by atoms with E-state index in [9.17, 15) is 4.79 Å². The van der Waals surface area contributed by atoms with Crippen molar-refractivity contribution in [1.82, 2.24) is 14.9 Å². The standard InChI is InChI=1S/C18H23N3O3/c1-2-9-21(11-14-6-5-10-23-14)17(22)12-24-18-15-7-3-4-8-16(15)19-13-20-18/h3-4,7-8,13-14H,2,5-6,9-12H2,1H3/t14-/m1/s1. The van der Waals surface area contributed by atoms with Crippen LogP contribution in [0.4, 0.5) is 0 Å². The SMILES string of the molecule is CCCN(C[C@H]1CCCO1)C(=O)COc1ncnc2ccccc12. The van der Waals surface area contributed by atoms with Crippen LogP contribution in [0.2, 0.25) is 0 Å². The lowest BCUT2D eigenvalue weighted by Gasteiger charge is -2.25. The van der Waals surface area contributed by atoms with Gasteiger partial charge in [-0.15, -0.1) is 0 Å². The number of rotatable bonds is 7. The minimum Gasteiger partial charge on any atom is -0.467 e. The molecule has 0 spiro atoms. The Morgan fingerprint density at radius 1 is 1.38 bits per heavy atom. The highest BCUT2D eigenvalue weighted by molar-refractivity contribution is 5.84. The lowest BCUT2D eigenvalue weighted by atomic mass is 10.2. The number of ether oxygens (including phenoxy) is 2. The summed E-state index contributed by atoms with van der Waals surface area (Å²) in [5.74, 6) is 0.414. The van der Waals surface area contributed by atoms with Crippen molar-refractivity contribution in [3.05, 3.63) is 30.6 Å². The van der Waals surface area contributed by atoms with Gasteiger partial charge in [-0.1, -0.05) is 19.1 Å². The molecule has 0 radical (unpaired) electrons. The number of nitrogens with zero attached hydrogens (tertiary/aromatic N) is 3. The quantitative estimate of drug-likeness (QED) is 0.780. The van der Waals surface area contributed by atoms with Crippen LogP contribution < -0.4 is 4.74 Å². The van der Waals surface area contributed by atoms with Gasteiger partial charge >= 0.3 is 0 Å². The smallest absolute Gasteiger partial charge is 0.260 e. The first kappa shape index (κ1) is 16.6. The summed E-state index contributed by atoms with van der Waals surface area (Å²) in [5.41, 5.74) is 0.805. The fraction of sp³-hybridized carbons (Fsp3) is 0.500. The van der Waals surface area contributed by atoms with Crippen molar-refractivity contribution in [2.75, 3.05) is 26.3 Å². The highest BCUT2D eigenvalue weighted by atomic mass is 16.5. The molecular weight excluding hydrogens is 306 g/mol. The number of hydrogen-bond donors (Lipinski definition) is 0. The molecule has 3 rings (SSSR count). The zero-order valence-electron chi connectivity index (χ0n) is 14.0.